The predicted molar refractivity (Wildman–Crippen MR) is 65.5 cm³/mol. The van der Waals surface area contributed by atoms with Crippen molar-refractivity contribution in [3.8, 4) is 0 Å². The molecule has 2 fully saturated rings. The van der Waals surface area contributed by atoms with Crippen LogP contribution in [0.1, 0.15) is 64.2 Å². The normalized spacial score (nSPS) is 23.5. The van der Waals surface area contributed by atoms with Crippen LogP contribution in [0.25, 0.3) is 0 Å². The lowest BCUT2D eigenvalue weighted by Gasteiger charge is -2.23. The van der Waals surface area contributed by atoms with Crippen LogP contribution in [0, 0.1) is 5.92 Å². The fourth-order valence-corrected chi connectivity index (χ4v) is 2.88. The maximum Gasteiger partial charge on any atom is 0.311 e. The van der Waals surface area contributed by atoms with Gasteiger partial charge in [0.1, 0.15) is 0 Å². The Bertz CT molecular complexity index is 228. The van der Waals surface area contributed by atoms with E-state index in [1.54, 1.807) is 0 Å². The van der Waals surface area contributed by atoms with Crippen LogP contribution in [0.15, 0.2) is 0 Å². The zero-order chi connectivity index (χ0) is 11.9. The average Bonchev–Trinajstić information content (AvgIpc) is 2.41. The molecule has 0 heterocycles. The van der Waals surface area contributed by atoms with Gasteiger partial charge in [-0.25, -0.2) is 0 Å². The van der Waals surface area contributed by atoms with Crippen molar-refractivity contribution < 1.29 is 14.3 Å². The third kappa shape index (κ3) is 4.30. The minimum absolute atomic E-state index is 0.0412. The molecule has 0 spiro atoms. The highest BCUT2D eigenvalue weighted by Crippen LogP contribution is 2.25. The number of carbonyl (C=O) groups is 1. The summed E-state index contributed by atoms with van der Waals surface area (Å²) in [5.41, 5.74) is 0. The molecule has 0 unspecified atom stereocenters. The number of hydrogen-bond donors (Lipinski definition) is 0. The van der Waals surface area contributed by atoms with Crippen LogP contribution in [-0.4, -0.2) is 18.9 Å². The molecule has 17 heavy (non-hydrogen) atoms. The molecule has 98 valence electrons. The molecule has 0 atom stereocenters. The van der Waals surface area contributed by atoms with Crippen LogP contribution < -0.4 is 0 Å². The highest BCUT2D eigenvalue weighted by atomic mass is 16.7. The van der Waals surface area contributed by atoms with Crippen LogP contribution >= 0.6 is 0 Å². The zero-order valence-electron chi connectivity index (χ0n) is 10.7. The molecule has 2 aliphatic rings. The molecule has 0 aromatic rings. The summed E-state index contributed by atoms with van der Waals surface area (Å²) in [4.78, 5) is 11.7. The largest absolute Gasteiger partial charge is 0.438 e. The van der Waals surface area contributed by atoms with E-state index in [4.69, 9.17) is 9.47 Å². The van der Waals surface area contributed by atoms with Crippen LogP contribution in [0.4, 0.5) is 0 Å². The summed E-state index contributed by atoms with van der Waals surface area (Å²) < 4.78 is 10.8. The third-order valence-corrected chi connectivity index (χ3v) is 4.00. The lowest BCUT2D eigenvalue weighted by Crippen LogP contribution is -2.24. The van der Waals surface area contributed by atoms with E-state index in [9.17, 15) is 4.79 Å². The second kappa shape index (κ2) is 7.00. The van der Waals surface area contributed by atoms with E-state index in [2.05, 4.69) is 0 Å². The standard InChI is InChI=1S/C14H24O3/c15-14(12-7-3-1-4-8-12)17-11-16-13-9-5-2-6-10-13/h12-13H,1-11H2. The Kier molecular flexibility index (Phi) is 5.30. The van der Waals surface area contributed by atoms with Gasteiger partial charge in [0.15, 0.2) is 6.79 Å². The SMILES string of the molecule is O=C(OCOC1CCCCC1)C1CCCCC1. The zero-order valence-corrected chi connectivity index (χ0v) is 10.7. The van der Waals surface area contributed by atoms with Gasteiger partial charge in [0, 0.05) is 0 Å². The van der Waals surface area contributed by atoms with Crippen molar-refractivity contribution >= 4 is 5.97 Å². The Labute approximate surface area is 104 Å². The van der Waals surface area contributed by atoms with Gasteiger partial charge in [-0.2, -0.15) is 0 Å². The summed E-state index contributed by atoms with van der Waals surface area (Å²) in [5.74, 6) is 0.0965. The van der Waals surface area contributed by atoms with Gasteiger partial charge in [0.2, 0.25) is 0 Å². The van der Waals surface area contributed by atoms with Crippen LogP contribution in [-0.2, 0) is 14.3 Å². The van der Waals surface area contributed by atoms with Crippen molar-refractivity contribution in [2.24, 2.45) is 5.92 Å². The van der Waals surface area contributed by atoms with Crippen LogP contribution in [0.2, 0.25) is 0 Å². The quantitative estimate of drug-likeness (QED) is 0.558. The molecule has 0 amide bonds. The lowest BCUT2D eigenvalue weighted by molar-refractivity contribution is -0.168. The first-order chi connectivity index (χ1) is 8.36. The molecule has 0 radical (unpaired) electrons. The van der Waals surface area contributed by atoms with Crippen molar-refractivity contribution in [1.82, 2.24) is 0 Å². The summed E-state index contributed by atoms with van der Waals surface area (Å²) in [6, 6.07) is 0. The van der Waals surface area contributed by atoms with E-state index >= 15 is 0 Å². The second-order valence-electron chi connectivity index (χ2n) is 5.34. The molecule has 3 nitrogen and oxygen atoms in total. The number of rotatable bonds is 4. The molecule has 0 aliphatic heterocycles. The third-order valence-electron chi connectivity index (χ3n) is 4.00. The van der Waals surface area contributed by atoms with E-state index in [1.807, 2.05) is 0 Å². The molecule has 0 aromatic heterocycles. The Morgan fingerprint density at radius 2 is 1.47 bits per heavy atom. The molecule has 2 rings (SSSR count). The van der Waals surface area contributed by atoms with E-state index < -0.39 is 0 Å². The van der Waals surface area contributed by atoms with Crippen molar-refractivity contribution in [3.63, 3.8) is 0 Å². The summed E-state index contributed by atoms with van der Waals surface area (Å²) in [7, 11) is 0. The first-order valence-corrected chi connectivity index (χ1v) is 7.14. The Morgan fingerprint density at radius 3 is 2.12 bits per heavy atom. The smallest absolute Gasteiger partial charge is 0.311 e. The predicted octanol–water partition coefficient (Wildman–Crippen LogP) is 3.42. The molecule has 2 aliphatic carbocycles. The van der Waals surface area contributed by atoms with Crippen LogP contribution in [0.5, 0.6) is 0 Å². The van der Waals surface area contributed by atoms with Crippen LogP contribution in [0.3, 0.4) is 0 Å². The van der Waals surface area contributed by atoms with Gasteiger partial charge in [-0.1, -0.05) is 38.5 Å². The van der Waals surface area contributed by atoms with E-state index in [0.29, 0.717) is 6.10 Å². The van der Waals surface area contributed by atoms with Gasteiger partial charge < -0.3 is 9.47 Å². The molecular weight excluding hydrogens is 216 g/mol. The first kappa shape index (κ1) is 12.9. The Hall–Kier alpha value is -0.570. The topological polar surface area (TPSA) is 35.5 Å². The number of esters is 1. The van der Waals surface area contributed by atoms with Crippen molar-refractivity contribution in [2.75, 3.05) is 6.79 Å². The van der Waals surface area contributed by atoms with Gasteiger partial charge in [-0.3, -0.25) is 4.79 Å². The van der Waals surface area contributed by atoms with Crippen molar-refractivity contribution in [2.45, 2.75) is 70.3 Å². The summed E-state index contributed by atoms with van der Waals surface area (Å²) in [6.07, 6.45) is 12.0. The Balaban J connectivity index is 1.58. The highest BCUT2D eigenvalue weighted by molar-refractivity contribution is 5.72. The maximum absolute atomic E-state index is 11.7. The number of hydrogen-bond acceptors (Lipinski definition) is 3. The van der Waals surface area contributed by atoms with Gasteiger partial charge in [-0.15, -0.1) is 0 Å². The van der Waals surface area contributed by atoms with E-state index in [-0.39, 0.29) is 18.7 Å². The minimum Gasteiger partial charge on any atom is -0.438 e. The highest BCUT2D eigenvalue weighted by Gasteiger charge is 2.23. The molecular formula is C14H24O3. The fourth-order valence-electron chi connectivity index (χ4n) is 2.88. The molecule has 3 heteroatoms. The summed E-state index contributed by atoms with van der Waals surface area (Å²) in [5, 5.41) is 0. The van der Waals surface area contributed by atoms with E-state index in [0.717, 1.165) is 25.7 Å². The molecule has 0 bridgehead atoms. The van der Waals surface area contributed by atoms with Gasteiger partial charge in [0.05, 0.1) is 12.0 Å². The lowest BCUT2D eigenvalue weighted by atomic mass is 9.89. The Morgan fingerprint density at radius 1 is 0.882 bits per heavy atom. The summed E-state index contributed by atoms with van der Waals surface area (Å²) in [6.45, 7) is 0.167. The number of ether oxygens (including phenoxy) is 2. The van der Waals surface area contributed by atoms with Gasteiger partial charge >= 0.3 is 5.97 Å². The minimum atomic E-state index is -0.0412. The molecule has 0 saturated heterocycles. The average molecular weight is 240 g/mol. The van der Waals surface area contributed by atoms with Crippen molar-refractivity contribution in [1.29, 1.82) is 0 Å². The number of carbonyl (C=O) groups excluding carboxylic acids is 1. The molecule has 2 saturated carbocycles. The second-order valence-corrected chi connectivity index (χ2v) is 5.34. The van der Waals surface area contributed by atoms with Gasteiger partial charge in [-0.05, 0) is 25.7 Å². The fraction of sp³-hybridized carbons (Fsp3) is 0.929. The first-order valence-electron chi connectivity index (χ1n) is 7.14. The van der Waals surface area contributed by atoms with Gasteiger partial charge in [0.25, 0.3) is 0 Å². The monoisotopic (exact) mass is 240 g/mol. The van der Waals surface area contributed by atoms with Crippen molar-refractivity contribution in [3.05, 3.63) is 0 Å². The molecule has 0 N–H and O–H groups in total. The maximum atomic E-state index is 11.7. The summed E-state index contributed by atoms with van der Waals surface area (Å²) >= 11 is 0. The molecule has 0 aromatic carbocycles. The van der Waals surface area contributed by atoms with E-state index in [1.165, 1.54) is 38.5 Å².